The predicted octanol–water partition coefficient (Wildman–Crippen LogP) is 1.32. The molecular weight excluding hydrogens is 325 g/mol. The summed E-state index contributed by atoms with van der Waals surface area (Å²) in [4.78, 5) is 10.5. The Kier molecular flexibility index (Phi) is 4.52. The van der Waals surface area contributed by atoms with Crippen molar-refractivity contribution in [2.45, 2.75) is 23.8 Å². The Morgan fingerprint density at radius 2 is 2.14 bits per heavy atom. The first-order valence-electron chi connectivity index (χ1n) is 6.14. The number of hydrogen-bond acceptors (Lipinski definition) is 4. The van der Waals surface area contributed by atoms with E-state index in [2.05, 4.69) is 0 Å². The van der Waals surface area contributed by atoms with E-state index in [1.165, 1.54) is 0 Å². The third-order valence-electron chi connectivity index (χ3n) is 3.37. The van der Waals surface area contributed by atoms with Crippen LogP contribution in [0.5, 0.6) is 0 Å². The van der Waals surface area contributed by atoms with Crippen LogP contribution in [0.25, 0.3) is 0 Å². The highest BCUT2D eigenvalue weighted by atomic mass is 35.5. The normalized spacial score (nSPS) is 19.9. The molecular formula is C12H13ClFNO5S. The highest BCUT2D eigenvalue weighted by Gasteiger charge is 2.35. The molecule has 116 valence electrons. The Bertz CT molecular complexity index is 678. The van der Waals surface area contributed by atoms with Crippen molar-refractivity contribution in [2.75, 3.05) is 13.2 Å². The Balaban J connectivity index is 2.53. The quantitative estimate of drug-likeness (QED) is 0.864. The first-order chi connectivity index (χ1) is 9.78. The molecule has 1 aromatic rings. The van der Waals surface area contributed by atoms with Crippen LogP contribution in [-0.2, 0) is 10.0 Å². The van der Waals surface area contributed by atoms with Gasteiger partial charge in [-0.2, -0.15) is 4.31 Å². The fourth-order valence-electron chi connectivity index (χ4n) is 2.31. The van der Waals surface area contributed by atoms with Gasteiger partial charge in [0.25, 0.3) is 0 Å². The van der Waals surface area contributed by atoms with Crippen LogP contribution in [0, 0.1) is 5.82 Å². The fourth-order valence-corrected chi connectivity index (χ4v) is 4.23. The second-order valence-corrected chi connectivity index (χ2v) is 6.93. The maximum absolute atomic E-state index is 13.7. The smallest absolute Gasteiger partial charge is 0.337 e. The van der Waals surface area contributed by atoms with Gasteiger partial charge in [0.2, 0.25) is 10.0 Å². The van der Waals surface area contributed by atoms with E-state index in [4.69, 9.17) is 16.7 Å². The summed E-state index contributed by atoms with van der Waals surface area (Å²) in [5, 5.41) is 17.5. The van der Waals surface area contributed by atoms with E-state index in [1.54, 1.807) is 0 Å². The minimum atomic E-state index is -4.08. The number of benzene rings is 1. The van der Waals surface area contributed by atoms with Gasteiger partial charge in [0.15, 0.2) is 0 Å². The van der Waals surface area contributed by atoms with E-state index in [1.807, 2.05) is 0 Å². The van der Waals surface area contributed by atoms with Crippen molar-refractivity contribution in [1.29, 1.82) is 0 Å². The lowest BCUT2D eigenvalue weighted by atomic mass is 10.2. The molecule has 0 bridgehead atoms. The fraction of sp³-hybridized carbons (Fsp3) is 0.417. The average molecular weight is 338 g/mol. The summed E-state index contributed by atoms with van der Waals surface area (Å²) >= 11 is 5.52. The third kappa shape index (κ3) is 2.89. The molecule has 1 aromatic carbocycles. The molecule has 1 atom stereocenters. The van der Waals surface area contributed by atoms with Crippen LogP contribution in [-0.4, -0.2) is 48.1 Å². The first kappa shape index (κ1) is 16.2. The van der Waals surface area contributed by atoms with E-state index < -0.39 is 43.3 Å². The maximum Gasteiger partial charge on any atom is 0.337 e. The van der Waals surface area contributed by atoms with Gasteiger partial charge in [-0.05, 0) is 25.0 Å². The Morgan fingerprint density at radius 3 is 2.71 bits per heavy atom. The molecule has 1 aliphatic rings. The average Bonchev–Trinajstić information content (AvgIpc) is 2.90. The van der Waals surface area contributed by atoms with Gasteiger partial charge in [-0.15, -0.1) is 0 Å². The van der Waals surface area contributed by atoms with Crippen molar-refractivity contribution in [3.8, 4) is 0 Å². The van der Waals surface area contributed by atoms with Crippen molar-refractivity contribution in [1.82, 2.24) is 4.31 Å². The molecule has 0 spiro atoms. The standard InChI is InChI=1S/C12H13ClFNO5S/c13-11-9(12(17)18)4-8(5-10(11)14)21(19,20)15-3-1-2-7(15)6-16/h4-5,7,16H,1-3,6H2,(H,17,18)/t7-/m1/s1. The number of aromatic carboxylic acids is 1. The third-order valence-corrected chi connectivity index (χ3v) is 5.69. The van der Waals surface area contributed by atoms with E-state index in [-0.39, 0.29) is 13.2 Å². The van der Waals surface area contributed by atoms with Gasteiger partial charge in [0, 0.05) is 12.6 Å². The molecule has 0 aromatic heterocycles. The van der Waals surface area contributed by atoms with Crippen LogP contribution in [0.1, 0.15) is 23.2 Å². The zero-order valence-corrected chi connectivity index (χ0v) is 12.4. The second kappa shape index (κ2) is 5.88. The van der Waals surface area contributed by atoms with Gasteiger partial charge in [-0.3, -0.25) is 0 Å². The predicted molar refractivity (Wildman–Crippen MR) is 72.4 cm³/mol. The zero-order valence-electron chi connectivity index (χ0n) is 10.8. The number of hydrogen-bond donors (Lipinski definition) is 2. The summed E-state index contributed by atoms with van der Waals surface area (Å²) in [6, 6.07) is 0.939. The monoisotopic (exact) mass is 337 g/mol. The number of carbonyl (C=O) groups is 1. The zero-order chi connectivity index (χ0) is 15.8. The molecule has 0 amide bonds. The van der Waals surface area contributed by atoms with Crippen molar-refractivity contribution < 1.29 is 27.8 Å². The molecule has 2 rings (SSSR count). The van der Waals surface area contributed by atoms with Crippen molar-refractivity contribution in [2.24, 2.45) is 0 Å². The number of halogens is 2. The largest absolute Gasteiger partial charge is 0.478 e. The highest BCUT2D eigenvalue weighted by Crippen LogP contribution is 2.30. The van der Waals surface area contributed by atoms with Crippen LogP contribution in [0.2, 0.25) is 5.02 Å². The van der Waals surface area contributed by atoms with Crippen molar-refractivity contribution in [3.05, 3.63) is 28.5 Å². The molecule has 0 saturated carbocycles. The number of aliphatic hydroxyl groups excluding tert-OH is 1. The molecule has 0 radical (unpaired) electrons. The molecule has 21 heavy (non-hydrogen) atoms. The Hall–Kier alpha value is -1.22. The van der Waals surface area contributed by atoms with E-state index >= 15 is 0 Å². The van der Waals surface area contributed by atoms with Gasteiger partial charge in [-0.25, -0.2) is 17.6 Å². The topological polar surface area (TPSA) is 94.9 Å². The first-order valence-corrected chi connectivity index (χ1v) is 7.96. The maximum atomic E-state index is 13.7. The Labute approximate surface area is 125 Å². The molecule has 0 unspecified atom stereocenters. The molecule has 0 aliphatic carbocycles. The minimum Gasteiger partial charge on any atom is -0.478 e. The molecule has 2 N–H and O–H groups in total. The van der Waals surface area contributed by atoms with Crippen LogP contribution >= 0.6 is 11.6 Å². The van der Waals surface area contributed by atoms with Crippen LogP contribution in [0.4, 0.5) is 4.39 Å². The number of carboxylic acid groups (broad SMARTS) is 1. The molecule has 9 heteroatoms. The van der Waals surface area contributed by atoms with E-state index in [0.29, 0.717) is 18.9 Å². The number of aliphatic hydroxyl groups is 1. The summed E-state index contributed by atoms with van der Waals surface area (Å²) in [5.41, 5.74) is -0.616. The second-order valence-electron chi connectivity index (χ2n) is 4.67. The lowest BCUT2D eigenvalue weighted by Crippen LogP contribution is -2.37. The van der Waals surface area contributed by atoms with Crippen LogP contribution < -0.4 is 0 Å². The van der Waals surface area contributed by atoms with Gasteiger partial charge in [-0.1, -0.05) is 11.6 Å². The molecule has 1 fully saturated rings. The summed E-state index contributed by atoms with van der Waals surface area (Å²) in [6.07, 6.45) is 1.07. The SMILES string of the molecule is O=C(O)c1cc(S(=O)(=O)N2CCC[C@@H]2CO)cc(F)c1Cl. The lowest BCUT2D eigenvalue weighted by Gasteiger charge is -2.22. The molecule has 1 aliphatic heterocycles. The Morgan fingerprint density at radius 1 is 1.48 bits per heavy atom. The molecule has 6 nitrogen and oxygen atoms in total. The van der Waals surface area contributed by atoms with Gasteiger partial charge < -0.3 is 10.2 Å². The molecule has 1 saturated heterocycles. The van der Waals surface area contributed by atoms with Gasteiger partial charge in [0.05, 0.1) is 22.1 Å². The van der Waals surface area contributed by atoms with Crippen LogP contribution in [0.3, 0.4) is 0 Å². The van der Waals surface area contributed by atoms with Crippen LogP contribution in [0.15, 0.2) is 17.0 Å². The van der Waals surface area contributed by atoms with E-state index in [0.717, 1.165) is 10.4 Å². The molecule has 1 heterocycles. The summed E-state index contributed by atoms with van der Waals surface area (Å²) in [5.74, 6) is -2.63. The summed E-state index contributed by atoms with van der Waals surface area (Å²) in [6.45, 7) is -0.151. The number of sulfonamides is 1. The minimum absolute atomic E-state index is 0.195. The highest BCUT2D eigenvalue weighted by molar-refractivity contribution is 7.89. The number of carboxylic acids is 1. The summed E-state index contributed by atoms with van der Waals surface area (Å²) in [7, 11) is -4.08. The van der Waals surface area contributed by atoms with Crippen molar-refractivity contribution >= 4 is 27.6 Å². The van der Waals surface area contributed by atoms with Crippen molar-refractivity contribution in [3.63, 3.8) is 0 Å². The number of rotatable bonds is 4. The van der Waals surface area contributed by atoms with Gasteiger partial charge >= 0.3 is 5.97 Å². The number of nitrogens with zero attached hydrogens (tertiary/aromatic N) is 1. The van der Waals surface area contributed by atoms with E-state index in [9.17, 15) is 22.7 Å². The lowest BCUT2D eigenvalue weighted by molar-refractivity contribution is 0.0696. The summed E-state index contributed by atoms with van der Waals surface area (Å²) < 4.78 is 39.6. The van der Waals surface area contributed by atoms with Gasteiger partial charge in [0.1, 0.15) is 5.82 Å².